The highest BCUT2D eigenvalue weighted by Crippen LogP contribution is 2.30. The molecule has 0 bridgehead atoms. The van der Waals surface area contributed by atoms with Crippen LogP contribution < -0.4 is 0 Å². The number of hydrogen-bond acceptors (Lipinski definition) is 1. The second-order valence-corrected chi connectivity index (χ2v) is 3.64. The first-order valence-corrected chi connectivity index (χ1v) is 4.75. The Hall–Kier alpha value is -1.51. The largest absolute Gasteiger partial charge is 0.481 e. The van der Waals surface area contributed by atoms with Gasteiger partial charge in [0, 0.05) is 18.4 Å². The van der Waals surface area contributed by atoms with Crippen molar-refractivity contribution in [1.29, 1.82) is 0 Å². The summed E-state index contributed by atoms with van der Waals surface area (Å²) in [6.07, 6.45) is 5.40. The van der Waals surface area contributed by atoms with Gasteiger partial charge in [-0.1, -0.05) is 6.08 Å². The molecule has 1 aliphatic rings. The van der Waals surface area contributed by atoms with Gasteiger partial charge in [0.25, 0.3) is 0 Å². The average molecular weight is 191 g/mol. The molecule has 1 aromatic rings. The number of aryl methyl sites for hydroxylation is 1. The van der Waals surface area contributed by atoms with E-state index in [0.717, 1.165) is 30.6 Å². The Balaban J connectivity index is 2.30. The molecule has 3 nitrogen and oxygen atoms in total. The van der Waals surface area contributed by atoms with E-state index in [4.69, 9.17) is 5.11 Å². The number of carboxylic acid groups (broad SMARTS) is 1. The predicted molar refractivity (Wildman–Crippen MR) is 53.3 cm³/mol. The zero-order valence-electron chi connectivity index (χ0n) is 7.94. The van der Waals surface area contributed by atoms with Crippen molar-refractivity contribution in [2.24, 2.45) is 0 Å². The maximum Gasteiger partial charge on any atom is 0.312 e. The number of carbonyl (C=O) groups is 1. The lowest BCUT2D eigenvalue weighted by molar-refractivity contribution is -0.138. The second kappa shape index (κ2) is 3.33. The molecule has 0 amide bonds. The van der Waals surface area contributed by atoms with Crippen LogP contribution in [0.3, 0.4) is 0 Å². The van der Waals surface area contributed by atoms with Gasteiger partial charge in [0.2, 0.25) is 0 Å². The molecule has 2 heterocycles. The van der Waals surface area contributed by atoms with E-state index in [9.17, 15) is 4.79 Å². The van der Waals surface area contributed by atoms with Gasteiger partial charge in [0.15, 0.2) is 0 Å². The van der Waals surface area contributed by atoms with Crippen molar-refractivity contribution < 1.29 is 9.90 Å². The van der Waals surface area contributed by atoms with Gasteiger partial charge in [-0.2, -0.15) is 0 Å². The van der Waals surface area contributed by atoms with Crippen molar-refractivity contribution in [3.8, 4) is 0 Å². The Morgan fingerprint density at radius 1 is 1.79 bits per heavy atom. The predicted octanol–water partition coefficient (Wildman–Crippen LogP) is 1.79. The number of carboxylic acids is 1. The monoisotopic (exact) mass is 191 g/mol. The SMILES string of the molecule is C=CCc1cc2n(c1)CCC2C(=O)O. The van der Waals surface area contributed by atoms with Crippen LogP contribution in [0.4, 0.5) is 0 Å². The van der Waals surface area contributed by atoms with Gasteiger partial charge in [0.1, 0.15) is 0 Å². The topological polar surface area (TPSA) is 42.2 Å². The molecule has 0 saturated heterocycles. The van der Waals surface area contributed by atoms with Crippen molar-refractivity contribution in [1.82, 2.24) is 4.57 Å². The molecule has 74 valence electrons. The summed E-state index contributed by atoms with van der Waals surface area (Å²) in [5, 5.41) is 8.97. The van der Waals surface area contributed by atoms with Crippen LogP contribution in [0.1, 0.15) is 23.6 Å². The fraction of sp³-hybridized carbons (Fsp3) is 0.364. The standard InChI is InChI=1S/C11H13NO2/c1-2-3-8-6-10-9(11(13)14)4-5-12(10)7-8/h2,6-7,9H,1,3-5H2,(H,13,14). The summed E-state index contributed by atoms with van der Waals surface area (Å²) in [5.41, 5.74) is 2.09. The Morgan fingerprint density at radius 3 is 3.21 bits per heavy atom. The second-order valence-electron chi connectivity index (χ2n) is 3.64. The quantitative estimate of drug-likeness (QED) is 0.740. The van der Waals surface area contributed by atoms with Crippen LogP contribution in [-0.2, 0) is 17.8 Å². The van der Waals surface area contributed by atoms with E-state index in [0.29, 0.717) is 0 Å². The summed E-state index contributed by atoms with van der Waals surface area (Å²) in [7, 11) is 0. The Labute approximate surface area is 82.7 Å². The van der Waals surface area contributed by atoms with Gasteiger partial charge in [0.05, 0.1) is 5.92 Å². The molecule has 2 rings (SSSR count). The van der Waals surface area contributed by atoms with Crippen LogP contribution in [0.25, 0.3) is 0 Å². The zero-order chi connectivity index (χ0) is 10.1. The maximum absolute atomic E-state index is 10.9. The number of aliphatic carboxylic acids is 1. The van der Waals surface area contributed by atoms with Gasteiger partial charge in [-0.15, -0.1) is 6.58 Å². The Bertz CT molecular complexity index is 379. The molecule has 0 aliphatic carbocycles. The van der Waals surface area contributed by atoms with Crippen LogP contribution in [0.5, 0.6) is 0 Å². The van der Waals surface area contributed by atoms with Crippen LogP contribution >= 0.6 is 0 Å². The van der Waals surface area contributed by atoms with E-state index in [-0.39, 0.29) is 5.92 Å². The summed E-state index contributed by atoms with van der Waals surface area (Å²) in [6.45, 7) is 4.49. The van der Waals surface area contributed by atoms with Crippen LogP contribution in [0.2, 0.25) is 0 Å². The van der Waals surface area contributed by atoms with E-state index in [1.807, 2.05) is 22.9 Å². The molecule has 1 aliphatic heterocycles. The molecule has 1 N–H and O–H groups in total. The number of nitrogens with zero attached hydrogens (tertiary/aromatic N) is 1. The van der Waals surface area contributed by atoms with Crippen LogP contribution in [0, 0.1) is 0 Å². The van der Waals surface area contributed by atoms with Gasteiger partial charge in [-0.25, -0.2) is 0 Å². The van der Waals surface area contributed by atoms with Crippen molar-refractivity contribution in [2.45, 2.75) is 25.3 Å². The minimum Gasteiger partial charge on any atom is -0.481 e. The fourth-order valence-corrected chi connectivity index (χ4v) is 2.02. The van der Waals surface area contributed by atoms with Crippen molar-refractivity contribution in [3.05, 3.63) is 36.2 Å². The third kappa shape index (κ3) is 1.35. The van der Waals surface area contributed by atoms with E-state index in [2.05, 4.69) is 6.58 Å². The number of fused-ring (bicyclic) bond motifs is 1. The van der Waals surface area contributed by atoms with Crippen LogP contribution in [0.15, 0.2) is 24.9 Å². The Morgan fingerprint density at radius 2 is 2.57 bits per heavy atom. The minimum absolute atomic E-state index is 0.312. The fourth-order valence-electron chi connectivity index (χ4n) is 2.02. The maximum atomic E-state index is 10.9. The first-order chi connectivity index (χ1) is 6.72. The lowest BCUT2D eigenvalue weighted by Crippen LogP contribution is -2.07. The van der Waals surface area contributed by atoms with Crippen LogP contribution in [-0.4, -0.2) is 15.6 Å². The smallest absolute Gasteiger partial charge is 0.312 e. The average Bonchev–Trinajstić information content (AvgIpc) is 2.62. The number of rotatable bonds is 3. The summed E-state index contributed by atoms with van der Waals surface area (Å²) in [5.74, 6) is -1.03. The first kappa shape index (κ1) is 9.06. The molecule has 0 spiro atoms. The molecule has 1 unspecified atom stereocenters. The molecule has 3 heteroatoms. The van der Waals surface area contributed by atoms with Gasteiger partial charge >= 0.3 is 5.97 Å². The molecule has 0 saturated carbocycles. The molecular weight excluding hydrogens is 178 g/mol. The number of aromatic nitrogens is 1. The lowest BCUT2D eigenvalue weighted by atomic mass is 10.0. The lowest BCUT2D eigenvalue weighted by Gasteiger charge is -2.00. The summed E-state index contributed by atoms with van der Waals surface area (Å²) in [4.78, 5) is 10.9. The highest BCUT2D eigenvalue weighted by molar-refractivity contribution is 5.76. The normalized spacial score (nSPS) is 19.3. The summed E-state index contributed by atoms with van der Waals surface area (Å²) < 4.78 is 2.04. The molecular formula is C11H13NO2. The molecule has 0 fully saturated rings. The minimum atomic E-state index is -0.716. The van der Waals surface area contributed by atoms with Gasteiger partial charge in [-0.05, 0) is 24.5 Å². The first-order valence-electron chi connectivity index (χ1n) is 4.75. The van der Waals surface area contributed by atoms with Crippen molar-refractivity contribution >= 4 is 5.97 Å². The van der Waals surface area contributed by atoms with E-state index in [1.165, 1.54) is 0 Å². The van der Waals surface area contributed by atoms with Gasteiger partial charge in [-0.3, -0.25) is 4.79 Å². The summed E-state index contributed by atoms with van der Waals surface area (Å²) in [6, 6.07) is 1.98. The number of allylic oxidation sites excluding steroid dienone is 1. The highest BCUT2D eigenvalue weighted by Gasteiger charge is 2.28. The van der Waals surface area contributed by atoms with Gasteiger partial charge < -0.3 is 9.67 Å². The molecule has 1 aromatic heterocycles. The van der Waals surface area contributed by atoms with Crippen molar-refractivity contribution in [2.75, 3.05) is 0 Å². The third-order valence-electron chi connectivity index (χ3n) is 2.68. The molecule has 14 heavy (non-hydrogen) atoms. The molecule has 0 aromatic carbocycles. The highest BCUT2D eigenvalue weighted by atomic mass is 16.4. The third-order valence-corrected chi connectivity index (χ3v) is 2.68. The Kier molecular flexibility index (Phi) is 2.15. The molecule has 1 atom stereocenters. The molecule has 0 radical (unpaired) electrons. The van der Waals surface area contributed by atoms with E-state index >= 15 is 0 Å². The zero-order valence-corrected chi connectivity index (χ0v) is 7.94. The van der Waals surface area contributed by atoms with E-state index < -0.39 is 5.97 Å². The van der Waals surface area contributed by atoms with E-state index in [1.54, 1.807) is 0 Å². The summed E-state index contributed by atoms with van der Waals surface area (Å²) >= 11 is 0. The number of hydrogen-bond donors (Lipinski definition) is 1. The van der Waals surface area contributed by atoms with Crippen molar-refractivity contribution in [3.63, 3.8) is 0 Å².